The summed E-state index contributed by atoms with van der Waals surface area (Å²) in [6.45, 7) is 0. The van der Waals surface area contributed by atoms with Gasteiger partial charge < -0.3 is 14.7 Å². The molecular weight excluding hydrogens is 446 g/mol. The van der Waals surface area contributed by atoms with E-state index in [9.17, 15) is 20.0 Å². The van der Waals surface area contributed by atoms with Crippen LogP contribution in [0.3, 0.4) is 0 Å². The fourth-order valence-corrected chi connectivity index (χ4v) is 3.38. The van der Waals surface area contributed by atoms with Crippen LogP contribution in [0.5, 0.6) is 5.75 Å². The minimum Gasteiger partial charge on any atom is -0.871 e. The lowest BCUT2D eigenvalue weighted by molar-refractivity contribution is -0.505. The minimum absolute atomic E-state index is 0.0648. The van der Waals surface area contributed by atoms with Crippen LogP contribution < -0.4 is 19.3 Å². The van der Waals surface area contributed by atoms with E-state index < -0.39 is 4.92 Å². The van der Waals surface area contributed by atoms with Crippen LogP contribution in [0.4, 0.5) is 5.69 Å². The third kappa shape index (κ3) is 5.69. The van der Waals surface area contributed by atoms with Gasteiger partial charge in [0.15, 0.2) is 12.4 Å². The number of nitro groups is 1. The van der Waals surface area contributed by atoms with E-state index in [0.717, 1.165) is 10.8 Å². The fourth-order valence-electron chi connectivity index (χ4n) is 3.38. The van der Waals surface area contributed by atoms with Gasteiger partial charge in [-0.25, -0.2) is 0 Å². The molecule has 0 unspecified atom stereocenters. The molecule has 174 valence electrons. The number of carbonyl (C=O) groups is 1. The van der Waals surface area contributed by atoms with Gasteiger partial charge in [0.2, 0.25) is 12.0 Å². The number of hydrogen-bond donors (Lipinski definition) is 0. The third-order valence-corrected chi connectivity index (χ3v) is 5.29. The molecule has 1 aromatic heterocycles. The van der Waals surface area contributed by atoms with Crippen LogP contribution in [-0.4, -0.2) is 22.7 Å². The van der Waals surface area contributed by atoms with Gasteiger partial charge in [-0.1, -0.05) is 17.9 Å². The zero-order valence-corrected chi connectivity index (χ0v) is 18.8. The fraction of sp³-hybridized carbons (Fsp3) is 0.0370. The Morgan fingerprint density at radius 1 is 1.00 bits per heavy atom. The van der Waals surface area contributed by atoms with E-state index in [0.29, 0.717) is 16.9 Å². The third-order valence-electron chi connectivity index (χ3n) is 5.29. The van der Waals surface area contributed by atoms with Crippen LogP contribution in [0.2, 0.25) is 0 Å². The quantitative estimate of drug-likeness (QED) is 0.182. The first kappa shape index (κ1) is 23.2. The number of methoxy groups -OCH3 is 1. The predicted octanol–water partition coefficient (Wildman–Crippen LogP) is 2.64. The Morgan fingerprint density at radius 3 is 2.31 bits per heavy atom. The Labute approximate surface area is 201 Å². The standard InChI is InChI=1S/C27H21N3O5/c1-35-25-4-2-3-23(17-25)27(32)19-29-15-11-21(12-16-29)20-9-13-28(14-10-20)18-26(31)22-5-7-24(8-6-22)30(33)34/h2-19H,1H3/b27-19-. The smallest absolute Gasteiger partial charge is 0.269 e. The number of rotatable bonds is 6. The maximum Gasteiger partial charge on any atom is 0.269 e. The van der Waals surface area contributed by atoms with Gasteiger partial charge in [-0.2, -0.15) is 4.24 Å². The summed E-state index contributed by atoms with van der Waals surface area (Å²) in [5.41, 5.74) is 1.77. The lowest BCUT2D eigenvalue weighted by atomic mass is 10.1. The summed E-state index contributed by atoms with van der Waals surface area (Å²) < 4.78 is 6.79. The zero-order chi connectivity index (χ0) is 24.8. The maximum absolute atomic E-state index is 12.5. The van der Waals surface area contributed by atoms with E-state index in [-0.39, 0.29) is 17.2 Å². The SMILES string of the molecule is COc1cccc(/C([O-])=C/N2C=CC(=c3cc[n+](=CC(=O)c4ccc([N+](=O)[O-])cc4)cc3)C=C2)c1. The van der Waals surface area contributed by atoms with E-state index >= 15 is 0 Å². The van der Waals surface area contributed by atoms with Crippen molar-refractivity contribution in [3.05, 3.63) is 136 Å². The highest BCUT2D eigenvalue weighted by atomic mass is 16.6. The number of ether oxygens (including phenoxy) is 1. The molecule has 0 aliphatic carbocycles. The molecule has 1 aliphatic heterocycles. The summed E-state index contributed by atoms with van der Waals surface area (Å²) in [4.78, 5) is 24.4. The molecule has 0 N–H and O–H groups in total. The van der Waals surface area contributed by atoms with Crippen LogP contribution in [0.1, 0.15) is 15.9 Å². The lowest BCUT2D eigenvalue weighted by Crippen LogP contribution is -2.22. The van der Waals surface area contributed by atoms with Crippen molar-refractivity contribution in [1.82, 2.24) is 4.90 Å². The molecular formula is C27H21N3O5. The molecule has 1 aliphatic rings. The molecule has 0 fully saturated rings. The number of non-ortho nitro benzene ring substituents is 1. The molecule has 2 aromatic carbocycles. The average molecular weight is 467 g/mol. The second-order valence-corrected chi connectivity index (χ2v) is 7.59. The highest BCUT2D eigenvalue weighted by molar-refractivity contribution is 6.00. The number of carbonyl (C=O) groups excluding carboxylic acids is 1. The summed E-state index contributed by atoms with van der Waals surface area (Å²) in [5.74, 6) is 0.211. The summed E-state index contributed by atoms with van der Waals surface area (Å²) in [6, 6.07) is 16.2. The molecule has 0 spiro atoms. The van der Waals surface area contributed by atoms with Crippen molar-refractivity contribution in [1.29, 1.82) is 0 Å². The van der Waals surface area contributed by atoms with E-state index in [1.807, 2.05) is 24.3 Å². The summed E-state index contributed by atoms with van der Waals surface area (Å²) >= 11 is 0. The first-order valence-corrected chi connectivity index (χ1v) is 10.6. The van der Waals surface area contributed by atoms with Crippen molar-refractivity contribution in [2.24, 2.45) is 0 Å². The van der Waals surface area contributed by atoms with Crippen LogP contribution in [0, 0.1) is 16.3 Å². The molecule has 3 aromatic rings. The van der Waals surface area contributed by atoms with E-state index in [1.54, 1.807) is 65.3 Å². The number of nitro benzene ring substituents is 1. The van der Waals surface area contributed by atoms with Crippen LogP contribution >= 0.6 is 0 Å². The van der Waals surface area contributed by atoms with Gasteiger partial charge >= 0.3 is 0 Å². The number of ketones is 1. The zero-order valence-electron chi connectivity index (χ0n) is 18.8. The Kier molecular flexibility index (Phi) is 6.83. The van der Waals surface area contributed by atoms with Gasteiger partial charge in [-0.15, -0.1) is 0 Å². The predicted molar refractivity (Wildman–Crippen MR) is 128 cm³/mol. The lowest BCUT2D eigenvalue weighted by Gasteiger charge is -2.20. The monoisotopic (exact) mass is 467 g/mol. The molecule has 2 heterocycles. The summed E-state index contributed by atoms with van der Waals surface area (Å²) in [7, 11) is 1.56. The van der Waals surface area contributed by atoms with Crippen LogP contribution in [-0.2, 0) is 0 Å². The normalized spacial score (nSPS) is 13.0. The molecule has 0 bridgehead atoms. The number of allylic oxidation sites excluding steroid dienone is 2. The first-order valence-electron chi connectivity index (χ1n) is 10.6. The molecule has 0 atom stereocenters. The Balaban J connectivity index is 1.48. The highest BCUT2D eigenvalue weighted by Gasteiger charge is 2.10. The van der Waals surface area contributed by atoms with Crippen LogP contribution in [0.15, 0.2) is 104 Å². The molecule has 0 saturated carbocycles. The van der Waals surface area contributed by atoms with Crippen molar-refractivity contribution in [3.8, 4) is 5.75 Å². The van der Waals surface area contributed by atoms with Gasteiger partial charge in [0, 0.05) is 48.4 Å². The van der Waals surface area contributed by atoms with Gasteiger partial charge in [0.1, 0.15) is 5.75 Å². The Bertz CT molecular complexity index is 1450. The van der Waals surface area contributed by atoms with E-state index in [1.165, 1.54) is 36.7 Å². The Hall–Kier alpha value is -4.98. The molecule has 0 radical (unpaired) electrons. The molecule has 8 nitrogen and oxygen atoms in total. The van der Waals surface area contributed by atoms with Gasteiger partial charge in [-0.05, 0) is 52.8 Å². The minimum atomic E-state index is -0.507. The van der Waals surface area contributed by atoms with Crippen molar-refractivity contribution in [2.45, 2.75) is 0 Å². The molecule has 0 saturated heterocycles. The second kappa shape index (κ2) is 10.3. The average Bonchev–Trinajstić information content (AvgIpc) is 2.89. The number of nitrogens with zero attached hydrogens (tertiary/aromatic N) is 3. The number of Topliss-reactive ketones (excluding diaryl/α,β-unsaturated/α-hetero) is 1. The van der Waals surface area contributed by atoms with E-state index in [2.05, 4.69) is 0 Å². The molecule has 0 amide bonds. The van der Waals surface area contributed by atoms with Crippen molar-refractivity contribution < 1.29 is 23.8 Å². The van der Waals surface area contributed by atoms with Crippen LogP contribution in [0.25, 0.3) is 11.3 Å². The Morgan fingerprint density at radius 2 is 1.69 bits per heavy atom. The molecule has 4 rings (SSSR count). The highest BCUT2D eigenvalue weighted by Crippen LogP contribution is 2.18. The van der Waals surface area contributed by atoms with Crippen molar-refractivity contribution in [2.75, 3.05) is 7.11 Å². The number of benzene rings is 2. The number of pyridine rings is 1. The largest absolute Gasteiger partial charge is 0.871 e. The van der Waals surface area contributed by atoms with Crippen molar-refractivity contribution in [3.63, 3.8) is 0 Å². The topological polar surface area (TPSA) is 102 Å². The van der Waals surface area contributed by atoms with Gasteiger partial charge in [0.05, 0.1) is 12.0 Å². The first-order chi connectivity index (χ1) is 16.9. The van der Waals surface area contributed by atoms with Gasteiger partial charge in [0.25, 0.3) is 5.69 Å². The van der Waals surface area contributed by atoms with Crippen molar-refractivity contribution >= 4 is 22.8 Å². The maximum atomic E-state index is 12.5. The second-order valence-electron chi connectivity index (χ2n) is 7.59. The number of hydrogen-bond acceptors (Lipinski definition) is 6. The van der Waals surface area contributed by atoms with Gasteiger partial charge in [-0.3, -0.25) is 14.9 Å². The number of aromatic nitrogens is 1. The van der Waals surface area contributed by atoms with E-state index in [4.69, 9.17) is 4.74 Å². The summed E-state index contributed by atoms with van der Waals surface area (Å²) in [5, 5.41) is 24.2. The molecule has 8 heteroatoms. The summed E-state index contributed by atoms with van der Waals surface area (Å²) in [6.07, 6.45) is 13.8. The molecule has 35 heavy (non-hydrogen) atoms.